The Bertz CT molecular complexity index is 240. The van der Waals surface area contributed by atoms with E-state index in [0.717, 1.165) is 0 Å². The molecule has 0 aromatic rings. The van der Waals surface area contributed by atoms with Crippen LogP contribution in [0.3, 0.4) is 0 Å². The molecule has 0 fully saturated rings. The van der Waals surface area contributed by atoms with Crippen LogP contribution in [0.1, 0.15) is 27.7 Å². The first kappa shape index (κ1) is 10.7. The second kappa shape index (κ2) is 3.91. The quantitative estimate of drug-likeness (QED) is 0.409. The van der Waals surface area contributed by atoms with E-state index >= 15 is 0 Å². The Kier molecular flexibility index (Phi) is 3.49. The number of aliphatic imine (C=N–C) groups is 1. The molecule has 0 saturated heterocycles. The molecule has 0 aliphatic heterocycles. The van der Waals surface area contributed by atoms with Crippen molar-refractivity contribution in [3.63, 3.8) is 0 Å². The molecule has 0 aliphatic carbocycles. The molecule has 0 heterocycles. The zero-order valence-corrected chi connectivity index (χ0v) is 7.84. The molecule has 0 aliphatic rings. The standard InChI is InChI=1S/C9H13NO2/c1-6-7(2)10-8(11)12-9(3,4)5/h1H,2-5H3/b10-7+. The molecule has 12 heavy (non-hydrogen) atoms. The summed E-state index contributed by atoms with van der Waals surface area (Å²) in [6.07, 6.45) is 4.35. The first-order valence-corrected chi connectivity index (χ1v) is 3.60. The molecular formula is C9H13NO2. The molecule has 0 unspecified atom stereocenters. The number of nitrogens with zero attached hydrogens (tertiary/aromatic N) is 1. The van der Waals surface area contributed by atoms with Crippen molar-refractivity contribution in [2.24, 2.45) is 4.99 Å². The Balaban J connectivity index is 4.20. The highest BCUT2D eigenvalue weighted by molar-refractivity contribution is 6.03. The molecule has 0 saturated carbocycles. The molecular weight excluding hydrogens is 154 g/mol. The smallest absolute Gasteiger partial charge is 0.434 e. The van der Waals surface area contributed by atoms with Crippen LogP contribution < -0.4 is 0 Å². The molecule has 0 bridgehead atoms. The van der Waals surface area contributed by atoms with E-state index in [9.17, 15) is 4.79 Å². The van der Waals surface area contributed by atoms with Gasteiger partial charge in [-0.25, -0.2) is 4.79 Å². The third kappa shape index (κ3) is 5.48. The second-order valence-electron chi connectivity index (χ2n) is 3.32. The molecule has 0 aromatic heterocycles. The van der Waals surface area contributed by atoms with Gasteiger partial charge in [-0.1, -0.05) is 5.92 Å². The summed E-state index contributed by atoms with van der Waals surface area (Å²) >= 11 is 0. The summed E-state index contributed by atoms with van der Waals surface area (Å²) in [5.74, 6) is 2.23. The van der Waals surface area contributed by atoms with Gasteiger partial charge in [-0.15, -0.1) is 6.42 Å². The monoisotopic (exact) mass is 167 g/mol. The van der Waals surface area contributed by atoms with Crippen molar-refractivity contribution in [2.75, 3.05) is 0 Å². The number of amides is 1. The molecule has 0 spiro atoms. The highest BCUT2D eigenvalue weighted by Crippen LogP contribution is 2.07. The molecule has 1 amide bonds. The topological polar surface area (TPSA) is 38.7 Å². The van der Waals surface area contributed by atoms with Crippen molar-refractivity contribution in [3.8, 4) is 12.3 Å². The van der Waals surface area contributed by atoms with Crippen molar-refractivity contribution in [1.82, 2.24) is 0 Å². The minimum atomic E-state index is -0.641. The van der Waals surface area contributed by atoms with Gasteiger partial charge < -0.3 is 4.74 Å². The van der Waals surface area contributed by atoms with Crippen LogP contribution in [0.2, 0.25) is 0 Å². The maximum atomic E-state index is 10.9. The van der Waals surface area contributed by atoms with Crippen molar-refractivity contribution in [2.45, 2.75) is 33.3 Å². The summed E-state index contributed by atoms with van der Waals surface area (Å²) in [6, 6.07) is 0. The van der Waals surface area contributed by atoms with Gasteiger partial charge in [-0.05, 0) is 27.7 Å². The normalized spacial score (nSPS) is 12.1. The van der Waals surface area contributed by atoms with Crippen molar-refractivity contribution < 1.29 is 9.53 Å². The van der Waals surface area contributed by atoms with Crippen LogP contribution in [0.25, 0.3) is 0 Å². The van der Waals surface area contributed by atoms with E-state index in [1.807, 2.05) is 0 Å². The lowest BCUT2D eigenvalue weighted by molar-refractivity contribution is 0.0604. The third-order valence-electron chi connectivity index (χ3n) is 0.861. The zero-order chi connectivity index (χ0) is 9.78. The van der Waals surface area contributed by atoms with E-state index in [0.29, 0.717) is 5.71 Å². The van der Waals surface area contributed by atoms with Gasteiger partial charge in [-0.2, -0.15) is 4.99 Å². The van der Waals surface area contributed by atoms with Gasteiger partial charge in [0, 0.05) is 0 Å². The Morgan fingerprint density at radius 3 is 2.33 bits per heavy atom. The van der Waals surface area contributed by atoms with Gasteiger partial charge in [0.1, 0.15) is 5.60 Å². The minimum absolute atomic E-state index is 0.323. The average molecular weight is 167 g/mol. The van der Waals surface area contributed by atoms with E-state index in [2.05, 4.69) is 10.9 Å². The first-order valence-electron chi connectivity index (χ1n) is 3.60. The fraction of sp³-hybridized carbons (Fsp3) is 0.556. The van der Waals surface area contributed by atoms with E-state index < -0.39 is 11.7 Å². The molecule has 66 valence electrons. The number of hydrogen-bond acceptors (Lipinski definition) is 2. The minimum Gasteiger partial charge on any atom is -0.442 e. The number of rotatable bonds is 0. The molecule has 0 N–H and O–H groups in total. The Labute approximate surface area is 72.8 Å². The van der Waals surface area contributed by atoms with Gasteiger partial charge >= 0.3 is 6.09 Å². The first-order chi connectivity index (χ1) is 5.35. The zero-order valence-electron chi connectivity index (χ0n) is 7.84. The Morgan fingerprint density at radius 1 is 1.50 bits per heavy atom. The second-order valence-corrected chi connectivity index (χ2v) is 3.32. The lowest BCUT2D eigenvalue weighted by atomic mass is 10.2. The number of ether oxygens (including phenoxy) is 1. The maximum absolute atomic E-state index is 10.9. The van der Waals surface area contributed by atoms with Gasteiger partial charge in [0.25, 0.3) is 0 Å². The molecule has 0 aromatic carbocycles. The summed E-state index contributed by atoms with van der Waals surface area (Å²) in [5, 5.41) is 0. The fourth-order valence-corrected chi connectivity index (χ4v) is 0.454. The van der Waals surface area contributed by atoms with Crippen LogP contribution in [-0.4, -0.2) is 17.4 Å². The van der Waals surface area contributed by atoms with E-state index in [1.54, 1.807) is 27.7 Å². The Morgan fingerprint density at radius 2 is 2.00 bits per heavy atom. The van der Waals surface area contributed by atoms with Crippen LogP contribution in [0.5, 0.6) is 0 Å². The molecule has 0 rings (SSSR count). The van der Waals surface area contributed by atoms with Gasteiger partial charge in [0.2, 0.25) is 0 Å². The van der Waals surface area contributed by atoms with E-state index in [1.165, 1.54) is 0 Å². The third-order valence-corrected chi connectivity index (χ3v) is 0.861. The fourth-order valence-electron chi connectivity index (χ4n) is 0.454. The van der Waals surface area contributed by atoms with Crippen LogP contribution in [0.4, 0.5) is 4.79 Å². The van der Waals surface area contributed by atoms with E-state index in [-0.39, 0.29) is 0 Å². The van der Waals surface area contributed by atoms with Gasteiger partial charge in [0.15, 0.2) is 0 Å². The lowest BCUT2D eigenvalue weighted by Crippen LogP contribution is -2.22. The van der Waals surface area contributed by atoms with Gasteiger partial charge in [0.05, 0.1) is 5.71 Å². The van der Waals surface area contributed by atoms with Crippen LogP contribution in [-0.2, 0) is 4.74 Å². The SMILES string of the molecule is C#C/C(C)=N/C(=O)OC(C)(C)C. The summed E-state index contributed by atoms with van der Waals surface area (Å²) in [5.41, 5.74) is -0.195. The van der Waals surface area contributed by atoms with E-state index in [4.69, 9.17) is 11.2 Å². The summed E-state index contributed by atoms with van der Waals surface area (Å²) in [4.78, 5) is 14.4. The van der Waals surface area contributed by atoms with Crippen LogP contribution >= 0.6 is 0 Å². The average Bonchev–Trinajstić information content (AvgIpc) is 1.82. The lowest BCUT2D eigenvalue weighted by Gasteiger charge is -2.17. The van der Waals surface area contributed by atoms with Crippen LogP contribution in [0, 0.1) is 12.3 Å². The molecule has 0 radical (unpaired) electrons. The van der Waals surface area contributed by atoms with Crippen molar-refractivity contribution in [3.05, 3.63) is 0 Å². The molecule has 3 nitrogen and oxygen atoms in total. The van der Waals surface area contributed by atoms with Crippen molar-refractivity contribution in [1.29, 1.82) is 0 Å². The molecule has 0 atom stereocenters. The summed E-state index contributed by atoms with van der Waals surface area (Å²) in [7, 11) is 0. The predicted octanol–water partition coefficient (Wildman–Crippen LogP) is 2.02. The number of carbonyl (C=O) groups excluding carboxylic acids is 1. The summed E-state index contributed by atoms with van der Waals surface area (Å²) in [6.45, 7) is 6.88. The summed E-state index contributed by atoms with van der Waals surface area (Å²) < 4.78 is 4.89. The number of hydrogen-bond donors (Lipinski definition) is 0. The highest BCUT2D eigenvalue weighted by atomic mass is 16.6. The number of terminal acetylenes is 1. The van der Waals surface area contributed by atoms with Gasteiger partial charge in [-0.3, -0.25) is 0 Å². The van der Waals surface area contributed by atoms with Crippen molar-refractivity contribution >= 4 is 11.8 Å². The predicted molar refractivity (Wildman–Crippen MR) is 48.2 cm³/mol. The maximum Gasteiger partial charge on any atom is 0.434 e. The largest absolute Gasteiger partial charge is 0.442 e. The Hall–Kier alpha value is -1.30. The molecule has 3 heteroatoms. The van der Waals surface area contributed by atoms with Crippen LogP contribution in [0.15, 0.2) is 4.99 Å². The number of carbonyl (C=O) groups is 1. The highest BCUT2D eigenvalue weighted by Gasteiger charge is 2.15.